The normalized spacial score (nSPS) is 11.2. The molecule has 7 heteroatoms. The molecule has 0 fully saturated rings. The molecule has 0 spiro atoms. The van der Waals surface area contributed by atoms with Crippen molar-refractivity contribution in [2.75, 3.05) is 5.32 Å². The number of nitriles is 1. The van der Waals surface area contributed by atoms with Crippen molar-refractivity contribution in [1.82, 2.24) is 9.78 Å². The van der Waals surface area contributed by atoms with Gasteiger partial charge >= 0.3 is 0 Å². The van der Waals surface area contributed by atoms with Gasteiger partial charge in [-0.1, -0.05) is 59.6 Å². The molecule has 0 radical (unpaired) electrons. The Bertz CT molecular complexity index is 1140. The van der Waals surface area contributed by atoms with Crippen molar-refractivity contribution in [3.63, 3.8) is 0 Å². The first-order chi connectivity index (χ1) is 13.9. The van der Waals surface area contributed by atoms with E-state index in [2.05, 4.69) is 10.4 Å². The van der Waals surface area contributed by atoms with E-state index < -0.39 is 5.91 Å². The van der Waals surface area contributed by atoms with Gasteiger partial charge in [0, 0.05) is 16.3 Å². The van der Waals surface area contributed by atoms with Gasteiger partial charge in [-0.05, 0) is 43.2 Å². The first-order valence-electron chi connectivity index (χ1n) is 8.85. The van der Waals surface area contributed by atoms with Gasteiger partial charge in [0.25, 0.3) is 5.91 Å². The maximum atomic E-state index is 12.6. The molecule has 0 saturated heterocycles. The van der Waals surface area contributed by atoms with Crippen LogP contribution in [-0.4, -0.2) is 15.7 Å². The van der Waals surface area contributed by atoms with Gasteiger partial charge in [0.05, 0.1) is 12.2 Å². The second kappa shape index (κ2) is 8.95. The Morgan fingerprint density at radius 1 is 1.17 bits per heavy atom. The van der Waals surface area contributed by atoms with Crippen LogP contribution in [0, 0.1) is 25.2 Å². The van der Waals surface area contributed by atoms with E-state index in [9.17, 15) is 10.1 Å². The van der Waals surface area contributed by atoms with Crippen molar-refractivity contribution in [3.8, 4) is 6.07 Å². The van der Waals surface area contributed by atoms with E-state index in [4.69, 9.17) is 23.2 Å². The number of hydrogen-bond acceptors (Lipinski definition) is 3. The maximum absolute atomic E-state index is 12.6. The van der Waals surface area contributed by atoms with Crippen molar-refractivity contribution in [2.24, 2.45) is 0 Å². The van der Waals surface area contributed by atoms with Crippen LogP contribution in [0.3, 0.4) is 0 Å². The number of hydrogen-bond donors (Lipinski definition) is 1. The maximum Gasteiger partial charge on any atom is 0.266 e. The van der Waals surface area contributed by atoms with E-state index in [-0.39, 0.29) is 5.57 Å². The van der Waals surface area contributed by atoms with E-state index in [1.807, 2.05) is 49.4 Å². The summed E-state index contributed by atoms with van der Waals surface area (Å²) in [7, 11) is 0. The number of nitrogens with one attached hydrogen (secondary N) is 1. The first-order valence-corrected chi connectivity index (χ1v) is 9.61. The quantitative estimate of drug-likeness (QED) is 0.440. The molecule has 1 heterocycles. The molecular formula is C22H18Cl2N4O. The Morgan fingerprint density at radius 2 is 1.86 bits per heavy atom. The number of para-hydroxylation sites is 1. The van der Waals surface area contributed by atoms with Gasteiger partial charge in [0.1, 0.15) is 16.8 Å². The lowest BCUT2D eigenvalue weighted by Gasteiger charge is -2.07. The molecular weight excluding hydrogens is 407 g/mol. The van der Waals surface area contributed by atoms with Crippen LogP contribution >= 0.6 is 23.2 Å². The molecule has 0 aliphatic rings. The van der Waals surface area contributed by atoms with Crippen LogP contribution in [0.1, 0.15) is 22.4 Å². The van der Waals surface area contributed by atoms with Gasteiger partial charge in [-0.25, -0.2) is 4.68 Å². The summed E-state index contributed by atoms with van der Waals surface area (Å²) >= 11 is 12.7. The molecule has 29 heavy (non-hydrogen) atoms. The third-order valence-corrected chi connectivity index (χ3v) is 5.20. The van der Waals surface area contributed by atoms with Gasteiger partial charge < -0.3 is 5.32 Å². The minimum Gasteiger partial charge on any atom is -0.321 e. The van der Waals surface area contributed by atoms with E-state index in [0.717, 1.165) is 11.1 Å². The van der Waals surface area contributed by atoms with E-state index >= 15 is 0 Å². The molecule has 1 aromatic heterocycles. The van der Waals surface area contributed by atoms with Crippen molar-refractivity contribution in [2.45, 2.75) is 20.4 Å². The topological polar surface area (TPSA) is 70.7 Å². The lowest BCUT2D eigenvalue weighted by atomic mass is 10.1. The van der Waals surface area contributed by atoms with Crippen LogP contribution in [0.25, 0.3) is 6.08 Å². The number of benzene rings is 2. The Balaban J connectivity index is 1.89. The first kappa shape index (κ1) is 20.7. The molecule has 146 valence electrons. The number of carbonyl (C=O) groups is 1. The van der Waals surface area contributed by atoms with E-state index in [0.29, 0.717) is 33.7 Å². The highest BCUT2D eigenvalue weighted by Gasteiger charge is 2.17. The largest absolute Gasteiger partial charge is 0.321 e. The summed E-state index contributed by atoms with van der Waals surface area (Å²) in [5.41, 5.74) is 3.49. The van der Waals surface area contributed by atoms with Crippen molar-refractivity contribution >= 4 is 40.9 Å². The zero-order valence-electron chi connectivity index (χ0n) is 15.9. The van der Waals surface area contributed by atoms with Crippen LogP contribution in [0.5, 0.6) is 0 Å². The molecule has 0 saturated carbocycles. The zero-order valence-corrected chi connectivity index (χ0v) is 17.4. The SMILES string of the molecule is Cc1ccccc1NC(=O)/C(C#N)=C/c1c(C)nn(Cc2ccccc2Cl)c1Cl. The molecule has 5 nitrogen and oxygen atoms in total. The lowest BCUT2D eigenvalue weighted by molar-refractivity contribution is -0.112. The number of aryl methyl sites for hydroxylation is 2. The molecule has 0 aliphatic heterocycles. The highest BCUT2D eigenvalue weighted by atomic mass is 35.5. The fourth-order valence-electron chi connectivity index (χ4n) is 2.82. The summed E-state index contributed by atoms with van der Waals surface area (Å²) < 4.78 is 1.60. The highest BCUT2D eigenvalue weighted by Crippen LogP contribution is 2.25. The smallest absolute Gasteiger partial charge is 0.266 e. The van der Waals surface area contributed by atoms with Gasteiger partial charge in [0.15, 0.2) is 0 Å². The molecule has 0 bridgehead atoms. The summed E-state index contributed by atoms with van der Waals surface area (Å²) in [6.45, 7) is 4.03. The minimum absolute atomic E-state index is 0.0597. The standard InChI is InChI=1S/C22H18Cl2N4O/c1-14-7-3-6-10-20(14)26-22(29)17(12-25)11-18-15(2)27-28(21(18)24)13-16-8-4-5-9-19(16)23/h3-11H,13H2,1-2H3,(H,26,29)/b17-11+. The number of aromatic nitrogens is 2. The molecule has 2 aromatic carbocycles. The van der Waals surface area contributed by atoms with Crippen molar-refractivity contribution in [1.29, 1.82) is 5.26 Å². The Morgan fingerprint density at radius 3 is 2.55 bits per heavy atom. The predicted molar refractivity (Wildman–Crippen MR) is 116 cm³/mol. The number of anilines is 1. The number of nitrogens with zero attached hydrogens (tertiary/aromatic N) is 3. The molecule has 0 unspecified atom stereocenters. The Labute approximate surface area is 179 Å². The monoisotopic (exact) mass is 424 g/mol. The van der Waals surface area contributed by atoms with E-state index in [1.165, 1.54) is 6.08 Å². The molecule has 3 aromatic rings. The van der Waals surface area contributed by atoms with Gasteiger partial charge in [-0.15, -0.1) is 0 Å². The number of amides is 1. The Kier molecular flexibility index (Phi) is 6.38. The summed E-state index contributed by atoms with van der Waals surface area (Å²) in [5, 5.41) is 17.6. The molecule has 1 amide bonds. The third-order valence-electron chi connectivity index (χ3n) is 4.43. The summed E-state index contributed by atoms with van der Waals surface area (Å²) in [4.78, 5) is 12.6. The molecule has 3 rings (SSSR count). The second-order valence-electron chi connectivity index (χ2n) is 6.48. The second-order valence-corrected chi connectivity index (χ2v) is 7.24. The van der Waals surface area contributed by atoms with E-state index in [1.54, 1.807) is 23.7 Å². The van der Waals surface area contributed by atoms with Crippen LogP contribution in [0.4, 0.5) is 5.69 Å². The van der Waals surface area contributed by atoms with Crippen LogP contribution in [0.15, 0.2) is 54.1 Å². The minimum atomic E-state index is -0.504. The van der Waals surface area contributed by atoms with Crippen LogP contribution in [0.2, 0.25) is 10.2 Å². The fourth-order valence-corrected chi connectivity index (χ4v) is 3.30. The average Bonchev–Trinajstić information content (AvgIpc) is 2.96. The molecule has 0 aliphatic carbocycles. The molecule has 1 N–H and O–H groups in total. The van der Waals surface area contributed by atoms with Gasteiger partial charge in [-0.2, -0.15) is 10.4 Å². The summed E-state index contributed by atoms with van der Waals surface area (Å²) in [6, 6.07) is 16.7. The third kappa shape index (κ3) is 4.68. The summed E-state index contributed by atoms with van der Waals surface area (Å²) in [6.07, 6.45) is 1.46. The fraction of sp³-hybridized carbons (Fsp3) is 0.136. The number of halogens is 2. The van der Waals surface area contributed by atoms with Crippen molar-refractivity contribution < 1.29 is 4.79 Å². The zero-order chi connectivity index (χ0) is 21.0. The average molecular weight is 425 g/mol. The number of carbonyl (C=O) groups excluding carboxylic acids is 1. The van der Waals surface area contributed by atoms with Crippen molar-refractivity contribution in [3.05, 3.63) is 86.7 Å². The Hall–Kier alpha value is -3.07. The predicted octanol–water partition coefficient (Wildman–Crippen LogP) is 5.40. The van der Waals surface area contributed by atoms with Gasteiger partial charge in [0.2, 0.25) is 0 Å². The van der Waals surface area contributed by atoms with Gasteiger partial charge in [-0.3, -0.25) is 4.79 Å². The lowest BCUT2D eigenvalue weighted by Crippen LogP contribution is -2.14. The summed E-state index contributed by atoms with van der Waals surface area (Å²) in [5.74, 6) is -0.504. The van der Waals surface area contributed by atoms with Crippen LogP contribution < -0.4 is 5.32 Å². The molecule has 0 atom stereocenters. The highest BCUT2D eigenvalue weighted by molar-refractivity contribution is 6.32. The number of rotatable bonds is 5. The van der Waals surface area contributed by atoms with Crippen LogP contribution in [-0.2, 0) is 11.3 Å².